The molecule has 1 fully saturated rings. The highest BCUT2D eigenvalue weighted by molar-refractivity contribution is 5.85. The number of nitrogens with one attached hydrogen (secondary N) is 2. The fraction of sp³-hybridized carbons (Fsp3) is 0.533. The number of para-hydroxylation sites is 1. The van der Waals surface area contributed by atoms with Crippen molar-refractivity contribution in [3.05, 3.63) is 29.8 Å². The predicted molar refractivity (Wildman–Crippen MR) is 82.5 cm³/mol. The quantitative estimate of drug-likeness (QED) is 0.870. The van der Waals surface area contributed by atoms with Crippen LogP contribution in [0.3, 0.4) is 0 Å². The van der Waals surface area contributed by atoms with E-state index in [9.17, 15) is 13.6 Å². The number of ether oxygens (including phenoxy) is 1. The second-order valence-corrected chi connectivity index (χ2v) is 5.15. The zero-order valence-electron chi connectivity index (χ0n) is 12.4. The number of halogens is 3. The van der Waals surface area contributed by atoms with E-state index < -0.39 is 12.7 Å². The van der Waals surface area contributed by atoms with Crippen molar-refractivity contribution in [2.45, 2.75) is 44.9 Å². The van der Waals surface area contributed by atoms with Crippen LogP contribution in [0.4, 0.5) is 8.78 Å². The third kappa shape index (κ3) is 5.10. The molecule has 1 aliphatic heterocycles. The van der Waals surface area contributed by atoms with Gasteiger partial charge in [0, 0.05) is 5.56 Å². The normalized spacial score (nSPS) is 19.2. The highest BCUT2D eigenvalue weighted by Crippen LogP contribution is 2.26. The van der Waals surface area contributed by atoms with Gasteiger partial charge in [-0.3, -0.25) is 4.79 Å². The van der Waals surface area contributed by atoms with Crippen molar-refractivity contribution in [2.75, 3.05) is 6.54 Å². The SMILES string of the molecule is CC(NC(=O)C1CCCCN1)c1ccccc1OC(F)F.Cl. The van der Waals surface area contributed by atoms with Crippen molar-refractivity contribution < 1.29 is 18.3 Å². The molecule has 1 aromatic rings. The van der Waals surface area contributed by atoms with Gasteiger partial charge in [-0.25, -0.2) is 0 Å². The van der Waals surface area contributed by atoms with E-state index in [0.29, 0.717) is 5.56 Å². The molecule has 22 heavy (non-hydrogen) atoms. The first-order valence-electron chi connectivity index (χ1n) is 7.15. The summed E-state index contributed by atoms with van der Waals surface area (Å²) in [6.45, 7) is -0.291. The molecule has 7 heteroatoms. The topological polar surface area (TPSA) is 50.4 Å². The van der Waals surface area contributed by atoms with E-state index in [1.165, 1.54) is 6.07 Å². The number of hydrogen-bond donors (Lipinski definition) is 2. The van der Waals surface area contributed by atoms with Gasteiger partial charge in [-0.1, -0.05) is 24.6 Å². The Balaban J connectivity index is 0.00000242. The molecule has 2 atom stereocenters. The first-order valence-corrected chi connectivity index (χ1v) is 7.15. The Bertz CT molecular complexity index is 482. The van der Waals surface area contributed by atoms with Crippen LogP contribution in [-0.2, 0) is 4.79 Å². The summed E-state index contributed by atoms with van der Waals surface area (Å²) in [7, 11) is 0. The Morgan fingerprint density at radius 2 is 2.09 bits per heavy atom. The van der Waals surface area contributed by atoms with Crippen molar-refractivity contribution in [1.29, 1.82) is 0 Å². The maximum Gasteiger partial charge on any atom is 0.387 e. The van der Waals surface area contributed by atoms with Crippen LogP contribution in [0.5, 0.6) is 5.75 Å². The summed E-state index contributed by atoms with van der Waals surface area (Å²) in [6, 6.07) is 5.91. The fourth-order valence-corrected chi connectivity index (χ4v) is 2.51. The van der Waals surface area contributed by atoms with Gasteiger partial charge in [-0.05, 0) is 32.4 Å². The van der Waals surface area contributed by atoms with Gasteiger partial charge in [0.15, 0.2) is 0 Å². The fourth-order valence-electron chi connectivity index (χ4n) is 2.51. The Kier molecular flexibility index (Phi) is 7.55. The van der Waals surface area contributed by atoms with E-state index in [2.05, 4.69) is 15.4 Å². The predicted octanol–water partition coefficient (Wildman–Crippen LogP) is 3.03. The standard InChI is InChI=1S/C15H20F2N2O2.ClH/c1-10(19-14(20)12-7-4-5-9-18-12)11-6-2-3-8-13(11)21-15(16)17;/h2-3,6,8,10,12,15,18H,4-5,7,9H2,1H3,(H,19,20);1H. The third-order valence-electron chi connectivity index (χ3n) is 3.59. The van der Waals surface area contributed by atoms with Gasteiger partial charge in [0.25, 0.3) is 0 Å². The molecule has 1 aliphatic rings. The molecule has 2 rings (SSSR count). The number of benzene rings is 1. The molecule has 2 unspecified atom stereocenters. The molecule has 0 radical (unpaired) electrons. The van der Waals surface area contributed by atoms with Gasteiger partial charge in [0.1, 0.15) is 5.75 Å². The highest BCUT2D eigenvalue weighted by atomic mass is 35.5. The molecule has 1 amide bonds. The maximum atomic E-state index is 12.4. The molecule has 2 N–H and O–H groups in total. The minimum Gasteiger partial charge on any atom is -0.434 e. The van der Waals surface area contributed by atoms with Crippen LogP contribution in [-0.4, -0.2) is 25.1 Å². The molecule has 1 saturated heterocycles. The summed E-state index contributed by atoms with van der Waals surface area (Å²) >= 11 is 0. The number of rotatable bonds is 5. The number of hydrogen-bond acceptors (Lipinski definition) is 3. The minimum absolute atomic E-state index is 0. The van der Waals surface area contributed by atoms with Crippen LogP contribution in [0.2, 0.25) is 0 Å². The van der Waals surface area contributed by atoms with E-state index in [-0.39, 0.29) is 30.1 Å². The maximum absolute atomic E-state index is 12.4. The zero-order valence-corrected chi connectivity index (χ0v) is 13.2. The van der Waals surface area contributed by atoms with E-state index >= 15 is 0 Å². The van der Waals surface area contributed by atoms with Gasteiger partial charge >= 0.3 is 6.61 Å². The summed E-state index contributed by atoms with van der Waals surface area (Å²) < 4.78 is 29.3. The Hall–Kier alpha value is -1.40. The van der Waals surface area contributed by atoms with E-state index in [1.807, 2.05) is 0 Å². The van der Waals surface area contributed by atoms with Crippen molar-refractivity contribution >= 4 is 18.3 Å². The van der Waals surface area contributed by atoms with E-state index in [0.717, 1.165) is 25.8 Å². The molecule has 0 aliphatic carbocycles. The lowest BCUT2D eigenvalue weighted by molar-refractivity contribution is -0.124. The summed E-state index contributed by atoms with van der Waals surface area (Å²) in [5.74, 6) is -0.00838. The van der Waals surface area contributed by atoms with Crippen LogP contribution in [0.25, 0.3) is 0 Å². The van der Waals surface area contributed by atoms with Crippen LogP contribution >= 0.6 is 12.4 Å². The van der Waals surface area contributed by atoms with Gasteiger partial charge in [0.2, 0.25) is 5.91 Å². The Morgan fingerprint density at radius 3 is 2.73 bits per heavy atom. The molecule has 0 aromatic heterocycles. The van der Waals surface area contributed by atoms with Gasteiger partial charge in [-0.2, -0.15) is 8.78 Å². The van der Waals surface area contributed by atoms with E-state index in [4.69, 9.17) is 0 Å². The second-order valence-electron chi connectivity index (χ2n) is 5.15. The molecule has 0 bridgehead atoms. The lowest BCUT2D eigenvalue weighted by atomic mass is 10.0. The second kappa shape index (κ2) is 8.90. The van der Waals surface area contributed by atoms with Crippen LogP contribution in [0, 0.1) is 0 Å². The largest absolute Gasteiger partial charge is 0.434 e. The Labute approximate surface area is 135 Å². The molecule has 4 nitrogen and oxygen atoms in total. The summed E-state index contributed by atoms with van der Waals surface area (Å²) in [5.41, 5.74) is 0.543. The number of carbonyl (C=O) groups excluding carboxylic acids is 1. The van der Waals surface area contributed by atoms with Gasteiger partial charge < -0.3 is 15.4 Å². The highest BCUT2D eigenvalue weighted by Gasteiger charge is 2.23. The van der Waals surface area contributed by atoms with E-state index in [1.54, 1.807) is 25.1 Å². The summed E-state index contributed by atoms with van der Waals surface area (Å²) in [6.07, 6.45) is 2.89. The molecule has 1 heterocycles. The van der Waals surface area contributed by atoms with Crippen LogP contribution in [0.1, 0.15) is 37.8 Å². The smallest absolute Gasteiger partial charge is 0.387 e. The molecule has 124 valence electrons. The zero-order chi connectivity index (χ0) is 15.2. The van der Waals surface area contributed by atoms with Gasteiger partial charge in [0.05, 0.1) is 12.1 Å². The van der Waals surface area contributed by atoms with Crippen molar-refractivity contribution in [3.8, 4) is 5.75 Å². The Morgan fingerprint density at radius 1 is 1.36 bits per heavy atom. The molecular formula is C15H21ClF2N2O2. The number of carbonyl (C=O) groups is 1. The molecular weight excluding hydrogens is 314 g/mol. The minimum atomic E-state index is -2.88. The van der Waals surface area contributed by atoms with Crippen LogP contribution in [0.15, 0.2) is 24.3 Å². The number of alkyl halides is 2. The van der Waals surface area contributed by atoms with Gasteiger partial charge in [-0.15, -0.1) is 12.4 Å². The first-order chi connectivity index (χ1) is 10.1. The average Bonchev–Trinajstić information content (AvgIpc) is 2.48. The lowest BCUT2D eigenvalue weighted by Crippen LogP contribution is -2.47. The molecule has 0 spiro atoms. The van der Waals surface area contributed by atoms with Crippen molar-refractivity contribution in [1.82, 2.24) is 10.6 Å². The average molecular weight is 335 g/mol. The first kappa shape index (κ1) is 18.6. The molecule has 0 saturated carbocycles. The third-order valence-corrected chi connectivity index (χ3v) is 3.59. The molecule has 1 aromatic carbocycles. The number of piperidine rings is 1. The van der Waals surface area contributed by atoms with Crippen LogP contribution < -0.4 is 15.4 Å². The number of amides is 1. The van der Waals surface area contributed by atoms with Crippen molar-refractivity contribution in [3.63, 3.8) is 0 Å². The monoisotopic (exact) mass is 334 g/mol. The summed E-state index contributed by atoms with van der Waals surface area (Å²) in [5, 5.41) is 6.01. The lowest BCUT2D eigenvalue weighted by Gasteiger charge is -2.25. The van der Waals surface area contributed by atoms with Crippen molar-refractivity contribution in [2.24, 2.45) is 0 Å². The summed E-state index contributed by atoms with van der Waals surface area (Å²) in [4.78, 5) is 12.2.